The van der Waals surface area contributed by atoms with E-state index in [2.05, 4.69) is 58.7 Å². The Morgan fingerprint density at radius 2 is 1.56 bits per heavy atom. The van der Waals surface area contributed by atoms with Crippen LogP contribution in [0.25, 0.3) is 0 Å². The van der Waals surface area contributed by atoms with Crippen molar-refractivity contribution >= 4 is 5.69 Å². The maximum atomic E-state index is 14.0. The highest BCUT2D eigenvalue weighted by Crippen LogP contribution is 2.27. The first kappa shape index (κ1) is 25.4. The monoisotopic (exact) mass is 480 g/mol. The molecule has 1 N–H and O–H groups in total. The Kier molecular flexibility index (Phi) is 8.34. The molecule has 0 saturated carbocycles. The SMILES string of the molecule is CC.CNc1cccc(CN2CCc3nc(C)n(C(c4ccccc4)c4ccccc4)c(=O)c3C2)c1. The van der Waals surface area contributed by atoms with Crippen LogP contribution < -0.4 is 10.9 Å². The Hall–Kier alpha value is -3.70. The third-order valence-corrected chi connectivity index (χ3v) is 6.63. The van der Waals surface area contributed by atoms with Crippen molar-refractivity contribution in [3.05, 3.63) is 129 Å². The van der Waals surface area contributed by atoms with Gasteiger partial charge in [0.1, 0.15) is 5.82 Å². The zero-order valence-corrected chi connectivity index (χ0v) is 21.7. The van der Waals surface area contributed by atoms with Crippen LogP contribution in [0, 0.1) is 6.92 Å². The van der Waals surface area contributed by atoms with E-state index in [1.54, 1.807) is 0 Å². The molecule has 0 bridgehead atoms. The highest BCUT2D eigenvalue weighted by molar-refractivity contribution is 5.45. The van der Waals surface area contributed by atoms with E-state index in [0.717, 1.165) is 53.4 Å². The van der Waals surface area contributed by atoms with Crippen molar-refractivity contribution in [2.45, 2.75) is 46.3 Å². The van der Waals surface area contributed by atoms with E-state index in [1.807, 2.05) is 68.8 Å². The second-order valence-corrected chi connectivity index (χ2v) is 8.89. The summed E-state index contributed by atoms with van der Waals surface area (Å²) >= 11 is 0. The van der Waals surface area contributed by atoms with Crippen LogP contribution in [-0.2, 0) is 19.5 Å². The number of aromatic nitrogens is 2. The Morgan fingerprint density at radius 1 is 0.917 bits per heavy atom. The van der Waals surface area contributed by atoms with Gasteiger partial charge in [-0.15, -0.1) is 0 Å². The summed E-state index contributed by atoms with van der Waals surface area (Å²) in [6.07, 6.45) is 0.791. The molecular formula is C31H36N4O. The number of nitrogens with zero attached hydrogens (tertiary/aromatic N) is 3. The normalized spacial score (nSPS) is 13.0. The van der Waals surface area contributed by atoms with Crippen molar-refractivity contribution in [1.82, 2.24) is 14.5 Å². The highest BCUT2D eigenvalue weighted by Gasteiger charge is 2.27. The molecule has 1 aliphatic heterocycles. The van der Waals surface area contributed by atoms with Crippen molar-refractivity contribution in [2.24, 2.45) is 0 Å². The van der Waals surface area contributed by atoms with Crippen LogP contribution in [0.2, 0.25) is 0 Å². The van der Waals surface area contributed by atoms with E-state index in [9.17, 15) is 4.79 Å². The van der Waals surface area contributed by atoms with E-state index >= 15 is 0 Å². The van der Waals surface area contributed by atoms with Gasteiger partial charge in [-0.2, -0.15) is 0 Å². The molecule has 5 heteroatoms. The molecule has 0 saturated heterocycles. The number of fused-ring (bicyclic) bond motifs is 1. The van der Waals surface area contributed by atoms with E-state index in [0.29, 0.717) is 6.54 Å². The molecule has 5 rings (SSSR count). The lowest BCUT2D eigenvalue weighted by molar-refractivity contribution is 0.240. The van der Waals surface area contributed by atoms with Crippen LogP contribution in [0.5, 0.6) is 0 Å². The first-order chi connectivity index (χ1) is 17.6. The average molecular weight is 481 g/mol. The maximum Gasteiger partial charge on any atom is 0.259 e. The molecule has 0 fully saturated rings. The van der Waals surface area contributed by atoms with Gasteiger partial charge in [0.2, 0.25) is 0 Å². The van der Waals surface area contributed by atoms with Crippen molar-refractivity contribution in [3.8, 4) is 0 Å². The fourth-order valence-corrected chi connectivity index (χ4v) is 4.95. The van der Waals surface area contributed by atoms with Crippen LogP contribution in [0.15, 0.2) is 89.7 Å². The summed E-state index contributed by atoms with van der Waals surface area (Å²) < 4.78 is 1.88. The van der Waals surface area contributed by atoms with Crippen molar-refractivity contribution in [3.63, 3.8) is 0 Å². The van der Waals surface area contributed by atoms with Gasteiger partial charge < -0.3 is 5.32 Å². The van der Waals surface area contributed by atoms with Crippen LogP contribution >= 0.6 is 0 Å². The number of benzene rings is 3. The molecule has 186 valence electrons. The summed E-state index contributed by atoms with van der Waals surface area (Å²) in [5, 5.41) is 3.20. The number of hydrogen-bond acceptors (Lipinski definition) is 4. The van der Waals surface area contributed by atoms with Gasteiger partial charge in [-0.05, 0) is 35.7 Å². The predicted octanol–water partition coefficient (Wildman–Crippen LogP) is 5.82. The third-order valence-electron chi connectivity index (χ3n) is 6.63. The van der Waals surface area contributed by atoms with Crippen molar-refractivity contribution < 1.29 is 0 Å². The Labute approximate surface area is 214 Å². The molecule has 0 amide bonds. The molecule has 5 nitrogen and oxygen atoms in total. The second-order valence-electron chi connectivity index (χ2n) is 8.89. The minimum atomic E-state index is -0.213. The third kappa shape index (κ3) is 5.42. The summed E-state index contributed by atoms with van der Waals surface area (Å²) in [5.41, 5.74) is 6.32. The lowest BCUT2D eigenvalue weighted by Crippen LogP contribution is -2.40. The quantitative estimate of drug-likeness (QED) is 0.378. The van der Waals surface area contributed by atoms with Gasteiger partial charge in [-0.25, -0.2) is 4.98 Å². The minimum absolute atomic E-state index is 0.0638. The van der Waals surface area contributed by atoms with E-state index < -0.39 is 0 Å². The Morgan fingerprint density at radius 3 is 2.17 bits per heavy atom. The fraction of sp³-hybridized carbons (Fsp3) is 0.290. The molecule has 0 unspecified atom stereocenters. The molecular weight excluding hydrogens is 444 g/mol. The molecule has 0 radical (unpaired) electrons. The number of anilines is 1. The number of hydrogen-bond donors (Lipinski definition) is 1. The second kappa shape index (κ2) is 11.8. The van der Waals surface area contributed by atoms with Gasteiger partial charge in [-0.3, -0.25) is 14.3 Å². The average Bonchev–Trinajstić information content (AvgIpc) is 2.93. The summed E-state index contributed by atoms with van der Waals surface area (Å²) in [7, 11) is 1.93. The van der Waals surface area contributed by atoms with Crippen LogP contribution in [0.3, 0.4) is 0 Å². The molecule has 0 aliphatic carbocycles. The molecule has 0 atom stereocenters. The molecule has 0 spiro atoms. The lowest BCUT2D eigenvalue weighted by Gasteiger charge is -2.30. The van der Waals surface area contributed by atoms with Crippen molar-refractivity contribution in [1.29, 1.82) is 0 Å². The standard InChI is InChI=1S/C29H30N4O.C2H6/c1-21-31-27-16-17-32(19-22-10-9-15-25(18-22)30-2)20-26(27)29(34)33(21)28(23-11-5-3-6-12-23)24-13-7-4-8-14-24;1-2/h3-15,18,28,30H,16-17,19-20H2,1-2H3;1-2H3. The van der Waals surface area contributed by atoms with Crippen LogP contribution in [-0.4, -0.2) is 28.0 Å². The summed E-state index contributed by atoms with van der Waals surface area (Å²) in [5.74, 6) is 0.761. The van der Waals surface area contributed by atoms with Gasteiger partial charge in [0.05, 0.1) is 17.3 Å². The maximum absolute atomic E-state index is 14.0. The zero-order valence-electron chi connectivity index (χ0n) is 21.7. The molecule has 2 heterocycles. The highest BCUT2D eigenvalue weighted by atomic mass is 16.1. The summed E-state index contributed by atoms with van der Waals surface area (Å²) in [6, 6.07) is 28.7. The first-order valence-corrected chi connectivity index (χ1v) is 12.8. The molecule has 1 aliphatic rings. The first-order valence-electron chi connectivity index (χ1n) is 12.8. The van der Waals surface area contributed by atoms with Gasteiger partial charge >= 0.3 is 0 Å². The van der Waals surface area contributed by atoms with Gasteiger partial charge in [0.15, 0.2) is 0 Å². The predicted molar refractivity (Wildman–Crippen MR) is 149 cm³/mol. The van der Waals surface area contributed by atoms with Gasteiger partial charge in [-0.1, -0.05) is 86.6 Å². The van der Waals surface area contributed by atoms with Gasteiger partial charge in [0, 0.05) is 38.8 Å². The fourth-order valence-electron chi connectivity index (χ4n) is 4.95. The topological polar surface area (TPSA) is 50.2 Å². The van der Waals surface area contributed by atoms with E-state index in [1.165, 1.54) is 5.56 Å². The number of rotatable bonds is 6. The summed E-state index contributed by atoms with van der Waals surface area (Å²) in [4.78, 5) is 21.3. The zero-order chi connectivity index (χ0) is 25.5. The van der Waals surface area contributed by atoms with Gasteiger partial charge in [0.25, 0.3) is 5.56 Å². The van der Waals surface area contributed by atoms with Crippen molar-refractivity contribution in [2.75, 3.05) is 18.9 Å². The molecule has 4 aromatic rings. The Balaban J connectivity index is 0.00000148. The van der Waals surface area contributed by atoms with Crippen LogP contribution in [0.1, 0.15) is 53.7 Å². The Bertz CT molecular complexity index is 1290. The molecule has 36 heavy (non-hydrogen) atoms. The van der Waals surface area contributed by atoms with E-state index in [-0.39, 0.29) is 11.6 Å². The number of aryl methyl sites for hydroxylation is 1. The number of nitrogens with one attached hydrogen (secondary N) is 1. The smallest absolute Gasteiger partial charge is 0.259 e. The molecule has 1 aromatic heterocycles. The van der Waals surface area contributed by atoms with Crippen LogP contribution in [0.4, 0.5) is 5.69 Å². The largest absolute Gasteiger partial charge is 0.388 e. The molecule has 3 aromatic carbocycles. The summed E-state index contributed by atoms with van der Waals surface area (Å²) in [6.45, 7) is 8.27. The van der Waals surface area contributed by atoms with E-state index in [4.69, 9.17) is 4.98 Å². The lowest BCUT2D eigenvalue weighted by atomic mass is 9.97. The minimum Gasteiger partial charge on any atom is -0.388 e.